The molecule has 0 aliphatic carbocycles. The number of rotatable bonds is 2. The highest BCUT2D eigenvalue weighted by atomic mass is 127. The van der Waals surface area contributed by atoms with Crippen LogP contribution in [0.2, 0.25) is 0 Å². The molecule has 0 fully saturated rings. The lowest BCUT2D eigenvalue weighted by molar-refractivity contribution is 0.0713. The van der Waals surface area contributed by atoms with Crippen LogP contribution in [-0.2, 0) is 9.84 Å². The summed E-state index contributed by atoms with van der Waals surface area (Å²) in [5, 5.41) is 9.73. The Morgan fingerprint density at radius 1 is 1.38 bits per heavy atom. The monoisotopic (exact) mass is 340 g/mol. The van der Waals surface area contributed by atoms with Gasteiger partial charge < -0.3 is 5.11 Å². The maximum Gasteiger partial charge on any atom is 0.221 e. The van der Waals surface area contributed by atoms with Crippen LogP contribution in [0.1, 0.15) is 20.8 Å². The molecule has 1 N–H and O–H groups in total. The molecule has 6 heteroatoms. The van der Waals surface area contributed by atoms with Crippen molar-refractivity contribution in [2.75, 3.05) is 6.26 Å². The van der Waals surface area contributed by atoms with Gasteiger partial charge in [-0.25, -0.2) is 8.42 Å². The minimum atomic E-state index is -3.48. The van der Waals surface area contributed by atoms with Gasteiger partial charge in [-0.2, -0.15) is 0 Å². The van der Waals surface area contributed by atoms with E-state index in [4.69, 9.17) is 11.6 Å². The topological polar surface area (TPSA) is 54.4 Å². The summed E-state index contributed by atoms with van der Waals surface area (Å²) in [4.78, 5) is 0. The summed E-state index contributed by atoms with van der Waals surface area (Å²) in [7, 11) is -3.48. The normalized spacial score (nSPS) is 20.8. The van der Waals surface area contributed by atoms with E-state index in [9.17, 15) is 13.5 Å². The van der Waals surface area contributed by atoms with Crippen LogP contribution in [0.4, 0.5) is 0 Å². The zero-order valence-electron chi connectivity index (χ0n) is 8.01. The summed E-state index contributed by atoms with van der Waals surface area (Å²) in [6.45, 7) is 5.20. The molecular formula is C7H14ClIO3S. The van der Waals surface area contributed by atoms with Crippen LogP contribution in [0, 0.1) is 5.41 Å². The molecule has 0 amide bonds. The van der Waals surface area contributed by atoms with E-state index in [2.05, 4.69) is 0 Å². The molecule has 0 saturated heterocycles. The standard InChI is InChI=1S/C7H14ClIO3S/c1-6(2,3)5(10)7(8,9)13(4,11)12/h5,10H,1-4H3/t5-,7-/m1/s1. The minimum Gasteiger partial charge on any atom is -0.389 e. The zero-order valence-corrected chi connectivity index (χ0v) is 11.7. The Kier molecular flexibility index (Phi) is 4.10. The molecule has 3 nitrogen and oxygen atoms in total. The molecule has 0 rings (SSSR count). The van der Waals surface area contributed by atoms with E-state index in [-0.39, 0.29) is 0 Å². The fraction of sp³-hybridized carbons (Fsp3) is 1.00. The van der Waals surface area contributed by atoms with E-state index in [0.29, 0.717) is 0 Å². The molecule has 80 valence electrons. The van der Waals surface area contributed by atoms with Crippen LogP contribution in [0.5, 0.6) is 0 Å². The molecule has 13 heavy (non-hydrogen) atoms. The summed E-state index contributed by atoms with van der Waals surface area (Å²) >= 11 is 7.36. The molecule has 0 heterocycles. The van der Waals surface area contributed by atoms with E-state index in [0.717, 1.165) is 6.26 Å². The van der Waals surface area contributed by atoms with Gasteiger partial charge in [0.05, 0.1) is 0 Å². The van der Waals surface area contributed by atoms with Gasteiger partial charge in [-0.05, 0) is 28.0 Å². The van der Waals surface area contributed by atoms with Gasteiger partial charge in [0, 0.05) is 6.26 Å². The molecule has 0 aromatic rings. The van der Waals surface area contributed by atoms with Crippen molar-refractivity contribution in [2.45, 2.75) is 29.1 Å². The largest absolute Gasteiger partial charge is 0.389 e. The molecule has 0 aromatic carbocycles. The van der Waals surface area contributed by atoms with Gasteiger partial charge in [0.2, 0.25) is 2.21 Å². The summed E-state index contributed by atoms with van der Waals surface area (Å²) in [5.41, 5.74) is -0.563. The van der Waals surface area contributed by atoms with Gasteiger partial charge in [0.25, 0.3) is 0 Å². The smallest absolute Gasteiger partial charge is 0.221 e. The third-order valence-corrected chi connectivity index (χ3v) is 6.88. The third-order valence-electron chi connectivity index (χ3n) is 1.63. The summed E-state index contributed by atoms with van der Waals surface area (Å²) in [5.74, 6) is 0. The first-order valence-corrected chi connectivity index (χ1v) is 7.01. The lowest BCUT2D eigenvalue weighted by Crippen LogP contribution is -2.45. The number of aliphatic hydroxyl groups excluding tert-OH is 1. The van der Waals surface area contributed by atoms with Gasteiger partial charge in [-0.3, -0.25) is 0 Å². The SMILES string of the molecule is CC(C)(C)[C@@H](O)[C@@](Cl)(I)S(C)(=O)=O. The van der Waals surface area contributed by atoms with Crippen molar-refractivity contribution in [1.29, 1.82) is 0 Å². The molecule has 0 aliphatic rings. The number of alkyl halides is 2. The van der Waals surface area contributed by atoms with Crippen molar-refractivity contribution in [3.8, 4) is 0 Å². The van der Waals surface area contributed by atoms with Crippen LogP contribution >= 0.6 is 34.2 Å². The lowest BCUT2D eigenvalue weighted by atomic mass is 9.90. The molecule has 2 atom stereocenters. The highest BCUT2D eigenvalue weighted by Gasteiger charge is 2.48. The molecule has 0 saturated carbocycles. The van der Waals surface area contributed by atoms with E-state index in [1.165, 1.54) is 0 Å². The Hall–Kier alpha value is 0.930. The number of hydrogen-bond acceptors (Lipinski definition) is 3. The minimum absolute atomic E-state index is 0.563. The van der Waals surface area contributed by atoms with Crippen LogP contribution in [0.25, 0.3) is 0 Å². The first kappa shape index (κ1) is 13.9. The Labute approximate surface area is 97.9 Å². The van der Waals surface area contributed by atoms with Crippen LogP contribution in [0.3, 0.4) is 0 Å². The van der Waals surface area contributed by atoms with Crippen molar-refractivity contribution in [2.24, 2.45) is 5.41 Å². The van der Waals surface area contributed by atoms with Gasteiger partial charge in [-0.1, -0.05) is 32.4 Å². The van der Waals surface area contributed by atoms with Gasteiger partial charge in [0.15, 0.2) is 9.84 Å². The highest BCUT2D eigenvalue weighted by molar-refractivity contribution is 14.1. The zero-order chi connectivity index (χ0) is 11.1. The number of hydrogen-bond donors (Lipinski definition) is 1. The third kappa shape index (κ3) is 3.21. The maximum absolute atomic E-state index is 11.2. The second kappa shape index (κ2) is 3.83. The van der Waals surface area contributed by atoms with E-state index in [1.54, 1.807) is 43.4 Å². The van der Waals surface area contributed by atoms with Crippen LogP contribution in [0.15, 0.2) is 0 Å². The van der Waals surface area contributed by atoms with Crippen LogP contribution in [-0.4, -0.2) is 28.1 Å². The summed E-state index contributed by atoms with van der Waals surface area (Å²) in [6, 6.07) is 0. The molecule has 0 aliphatic heterocycles. The predicted molar refractivity (Wildman–Crippen MR) is 62.9 cm³/mol. The van der Waals surface area contributed by atoms with Crippen molar-refractivity contribution in [3.63, 3.8) is 0 Å². The second-order valence-corrected chi connectivity index (χ2v) is 10.2. The second-order valence-electron chi connectivity index (χ2n) is 4.10. The first-order chi connectivity index (χ1) is 5.40. The van der Waals surface area contributed by atoms with Crippen molar-refractivity contribution < 1.29 is 13.5 Å². The van der Waals surface area contributed by atoms with E-state index < -0.39 is 23.6 Å². The van der Waals surface area contributed by atoms with Crippen molar-refractivity contribution in [1.82, 2.24) is 0 Å². The van der Waals surface area contributed by atoms with E-state index in [1.807, 2.05) is 0 Å². The quantitative estimate of drug-likeness (QED) is 0.616. The number of aliphatic hydroxyl groups is 1. The van der Waals surface area contributed by atoms with Crippen molar-refractivity contribution in [3.05, 3.63) is 0 Å². The van der Waals surface area contributed by atoms with Crippen LogP contribution < -0.4 is 0 Å². The molecule has 0 spiro atoms. The fourth-order valence-corrected chi connectivity index (χ4v) is 2.73. The lowest BCUT2D eigenvalue weighted by Gasteiger charge is -2.34. The van der Waals surface area contributed by atoms with Gasteiger partial charge in [0.1, 0.15) is 6.10 Å². The van der Waals surface area contributed by atoms with Gasteiger partial charge >= 0.3 is 0 Å². The molecule has 0 radical (unpaired) electrons. The Morgan fingerprint density at radius 2 is 1.69 bits per heavy atom. The number of sulfone groups is 1. The average molecular weight is 341 g/mol. The predicted octanol–water partition coefficient (Wildman–Crippen LogP) is 1.77. The fourth-order valence-electron chi connectivity index (χ4n) is 0.707. The Balaban J connectivity index is 5.09. The van der Waals surface area contributed by atoms with Gasteiger partial charge in [-0.15, -0.1) is 0 Å². The Bertz CT molecular complexity index is 279. The summed E-state index contributed by atoms with van der Waals surface area (Å²) in [6.07, 6.45) is -0.0984. The average Bonchev–Trinajstić information content (AvgIpc) is 1.81. The molecule has 0 aromatic heterocycles. The molecule has 0 bridgehead atoms. The first-order valence-electron chi connectivity index (χ1n) is 3.66. The summed E-state index contributed by atoms with van der Waals surface area (Å²) < 4.78 is 20.8. The van der Waals surface area contributed by atoms with E-state index >= 15 is 0 Å². The molecular weight excluding hydrogens is 326 g/mol. The highest BCUT2D eigenvalue weighted by Crippen LogP contribution is 2.41. The Morgan fingerprint density at radius 3 is 1.77 bits per heavy atom. The maximum atomic E-state index is 11.2. The van der Waals surface area contributed by atoms with Crippen molar-refractivity contribution >= 4 is 44.0 Å². The molecule has 0 unspecified atom stereocenters. The number of halogens is 2.